The zero-order valence-corrected chi connectivity index (χ0v) is 9.08. The van der Waals surface area contributed by atoms with Gasteiger partial charge in [0.2, 0.25) is 0 Å². The van der Waals surface area contributed by atoms with Crippen LogP contribution in [0.4, 0.5) is 5.69 Å². The lowest BCUT2D eigenvalue weighted by molar-refractivity contribution is -0.384. The maximum Gasteiger partial charge on any atom is 0.277 e. The molecule has 0 saturated carbocycles. The molecule has 0 amide bonds. The van der Waals surface area contributed by atoms with Crippen molar-refractivity contribution >= 4 is 11.5 Å². The number of aromatic hydroxyl groups is 1. The van der Waals surface area contributed by atoms with Crippen molar-refractivity contribution < 1.29 is 14.8 Å². The van der Waals surface area contributed by atoms with Gasteiger partial charge in [-0.25, -0.2) is 0 Å². The summed E-state index contributed by atoms with van der Waals surface area (Å²) >= 11 is 0. The lowest BCUT2D eigenvalue weighted by Gasteiger charge is -2.01. The van der Waals surface area contributed by atoms with Gasteiger partial charge in [0, 0.05) is 22.8 Å². The molecule has 0 saturated heterocycles. The Morgan fingerprint density at radius 3 is 2.56 bits per heavy atom. The first kappa shape index (κ1) is 10.5. The Labute approximate surface area is 101 Å². The first-order valence-corrected chi connectivity index (χ1v) is 5.25. The van der Waals surface area contributed by atoms with Gasteiger partial charge in [-0.2, -0.15) is 0 Å². The molecule has 1 aliphatic carbocycles. The second-order valence-corrected chi connectivity index (χ2v) is 4.02. The van der Waals surface area contributed by atoms with Gasteiger partial charge in [0.15, 0.2) is 5.78 Å². The van der Waals surface area contributed by atoms with E-state index < -0.39 is 4.92 Å². The van der Waals surface area contributed by atoms with Crippen LogP contribution in [-0.4, -0.2) is 15.8 Å². The molecule has 3 rings (SSSR count). The quantitative estimate of drug-likeness (QED) is 0.524. The standard InChI is InChI=1S/C13H7NO4/c15-7-4-5-8-10(6-7)13(16)9-2-1-3-11(12(8)9)14(17)18/h1-6,15H. The predicted molar refractivity (Wildman–Crippen MR) is 63.6 cm³/mol. The van der Waals surface area contributed by atoms with Gasteiger partial charge in [-0.3, -0.25) is 14.9 Å². The largest absolute Gasteiger partial charge is 0.508 e. The van der Waals surface area contributed by atoms with Crippen LogP contribution in [0.5, 0.6) is 5.75 Å². The molecule has 5 nitrogen and oxygen atoms in total. The van der Waals surface area contributed by atoms with Crippen LogP contribution in [0.15, 0.2) is 36.4 Å². The summed E-state index contributed by atoms with van der Waals surface area (Å²) in [5.41, 5.74) is 1.36. The summed E-state index contributed by atoms with van der Waals surface area (Å²) < 4.78 is 0. The molecule has 5 heteroatoms. The third kappa shape index (κ3) is 1.24. The second kappa shape index (κ2) is 3.40. The number of benzene rings is 2. The van der Waals surface area contributed by atoms with Crippen LogP contribution in [0, 0.1) is 10.1 Å². The van der Waals surface area contributed by atoms with Crippen LogP contribution in [-0.2, 0) is 0 Å². The van der Waals surface area contributed by atoms with Crippen molar-refractivity contribution in [3.63, 3.8) is 0 Å². The molecule has 1 N–H and O–H groups in total. The van der Waals surface area contributed by atoms with E-state index in [1.807, 2.05) is 0 Å². The number of rotatable bonds is 1. The molecule has 0 fully saturated rings. The van der Waals surface area contributed by atoms with Gasteiger partial charge in [-0.15, -0.1) is 0 Å². The van der Waals surface area contributed by atoms with Gasteiger partial charge in [0.1, 0.15) is 5.75 Å². The highest BCUT2D eigenvalue weighted by Crippen LogP contribution is 2.43. The SMILES string of the molecule is O=C1c2cc(O)ccc2-c2c1cccc2[N+](=O)[O-]. The van der Waals surface area contributed by atoms with Crippen molar-refractivity contribution in [2.24, 2.45) is 0 Å². The molecule has 0 aromatic heterocycles. The van der Waals surface area contributed by atoms with Gasteiger partial charge < -0.3 is 5.11 Å². The topological polar surface area (TPSA) is 80.4 Å². The van der Waals surface area contributed by atoms with E-state index in [2.05, 4.69) is 0 Å². The lowest BCUT2D eigenvalue weighted by Crippen LogP contribution is -1.96. The lowest BCUT2D eigenvalue weighted by atomic mass is 10.0. The monoisotopic (exact) mass is 241 g/mol. The predicted octanol–water partition coefficient (Wildman–Crippen LogP) is 2.51. The van der Waals surface area contributed by atoms with E-state index in [1.165, 1.54) is 30.3 Å². The highest BCUT2D eigenvalue weighted by molar-refractivity contribution is 6.23. The number of carbonyl (C=O) groups is 1. The van der Waals surface area contributed by atoms with Gasteiger partial charge in [0.25, 0.3) is 5.69 Å². The summed E-state index contributed by atoms with van der Waals surface area (Å²) in [5, 5.41) is 20.4. The highest BCUT2D eigenvalue weighted by atomic mass is 16.6. The molecule has 18 heavy (non-hydrogen) atoms. The fourth-order valence-electron chi connectivity index (χ4n) is 2.25. The van der Waals surface area contributed by atoms with E-state index in [0.717, 1.165) is 0 Å². The Balaban J connectivity index is 2.39. The number of hydrogen-bond donors (Lipinski definition) is 1. The van der Waals surface area contributed by atoms with Crippen LogP contribution in [0.25, 0.3) is 11.1 Å². The van der Waals surface area contributed by atoms with Gasteiger partial charge in [-0.1, -0.05) is 6.07 Å². The molecule has 88 valence electrons. The first-order chi connectivity index (χ1) is 8.59. The Bertz CT molecular complexity index is 706. The normalized spacial score (nSPS) is 12.1. The van der Waals surface area contributed by atoms with Gasteiger partial charge in [0.05, 0.1) is 10.5 Å². The van der Waals surface area contributed by atoms with Crippen LogP contribution < -0.4 is 0 Å². The van der Waals surface area contributed by atoms with Gasteiger partial charge in [-0.05, 0) is 24.3 Å². The van der Waals surface area contributed by atoms with Crippen molar-refractivity contribution in [3.05, 3.63) is 57.6 Å². The maximum absolute atomic E-state index is 12.1. The molecule has 2 aromatic carbocycles. The summed E-state index contributed by atoms with van der Waals surface area (Å²) in [5.74, 6) is -0.322. The summed E-state index contributed by atoms with van der Waals surface area (Å²) in [6.07, 6.45) is 0. The average molecular weight is 241 g/mol. The Morgan fingerprint density at radius 1 is 1.06 bits per heavy atom. The minimum atomic E-state index is -0.506. The van der Waals surface area contributed by atoms with Gasteiger partial charge >= 0.3 is 0 Å². The van der Waals surface area contributed by atoms with E-state index in [9.17, 15) is 20.0 Å². The average Bonchev–Trinajstić information content (AvgIpc) is 2.63. The molecule has 0 radical (unpaired) electrons. The Hall–Kier alpha value is -2.69. The molecule has 0 bridgehead atoms. The molecule has 0 heterocycles. The number of phenols is 1. The number of nitro benzene ring substituents is 1. The van der Waals surface area contributed by atoms with Crippen molar-refractivity contribution in [1.82, 2.24) is 0 Å². The second-order valence-electron chi connectivity index (χ2n) is 4.02. The molecule has 0 aliphatic heterocycles. The van der Waals surface area contributed by atoms with E-state index in [1.54, 1.807) is 6.07 Å². The maximum atomic E-state index is 12.1. The molecule has 2 aromatic rings. The van der Waals surface area contributed by atoms with Crippen molar-refractivity contribution in [3.8, 4) is 16.9 Å². The molecule has 1 aliphatic rings. The third-order valence-electron chi connectivity index (χ3n) is 3.00. The summed E-state index contributed by atoms with van der Waals surface area (Å²) in [7, 11) is 0. The van der Waals surface area contributed by atoms with E-state index >= 15 is 0 Å². The van der Waals surface area contributed by atoms with Crippen molar-refractivity contribution in [2.75, 3.05) is 0 Å². The number of carbonyl (C=O) groups excluding carboxylic acids is 1. The molecule has 0 atom stereocenters. The van der Waals surface area contributed by atoms with Crippen molar-refractivity contribution in [1.29, 1.82) is 0 Å². The summed E-state index contributed by atoms with van der Waals surface area (Å²) in [4.78, 5) is 22.6. The minimum absolute atomic E-state index is 0.0300. The molecule has 0 unspecified atom stereocenters. The van der Waals surface area contributed by atoms with Crippen LogP contribution in [0.2, 0.25) is 0 Å². The Morgan fingerprint density at radius 2 is 1.83 bits per heavy atom. The minimum Gasteiger partial charge on any atom is -0.508 e. The van der Waals surface area contributed by atoms with Crippen LogP contribution in [0.3, 0.4) is 0 Å². The fourth-order valence-corrected chi connectivity index (χ4v) is 2.25. The van der Waals surface area contributed by atoms with Crippen LogP contribution in [0.1, 0.15) is 15.9 Å². The number of hydrogen-bond acceptors (Lipinski definition) is 4. The number of fused-ring (bicyclic) bond motifs is 3. The fraction of sp³-hybridized carbons (Fsp3) is 0. The third-order valence-corrected chi connectivity index (χ3v) is 3.00. The van der Waals surface area contributed by atoms with Crippen molar-refractivity contribution in [2.45, 2.75) is 0 Å². The van der Waals surface area contributed by atoms with E-state index in [0.29, 0.717) is 22.3 Å². The zero-order chi connectivity index (χ0) is 12.9. The summed E-state index contributed by atoms with van der Waals surface area (Å²) in [6.45, 7) is 0. The van der Waals surface area contributed by atoms with Crippen LogP contribution >= 0.6 is 0 Å². The van der Waals surface area contributed by atoms with E-state index in [-0.39, 0.29) is 17.2 Å². The molecule has 0 spiro atoms. The Kier molecular flexibility index (Phi) is 1.98. The highest BCUT2D eigenvalue weighted by Gasteiger charge is 2.32. The number of phenolic OH excluding ortho intramolecular Hbond substituents is 1. The molecular formula is C13H7NO4. The number of nitro groups is 1. The molecular weight excluding hydrogens is 234 g/mol. The number of ketones is 1. The summed E-state index contributed by atoms with van der Waals surface area (Å²) in [6, 6.07) is 8.69. The smallest absolute Gasteiger partial charge is 0.277 e. The zero-order valence-electron chi connectivity index (χ0n) is 9.08. The van der Waals surface area contributed by atoms with E-state index in [4.69, 9.17) is 0 Å². The first-order valence-electron chi connectivity index (χ1n) is 5.25. The number of nitrogens with zero attached hydrogens (tertiary/aromatic N) is 1.